The van der Waals surface area contributed by atoms with E-state index < -0.39 is 29.5 Å². The summed E-state index contributed by atoms with van der Waals surface area (Å²) in [4.78, 5) is 34.6. The van der Waals surface area contributed by atoms with Crippen LogP contribution in [0.3, 0.4) is 0 Å². The van der Waals surface area contributed by atoms with Crippen LogP contribution in [0.2, 0.25) is 0 Å². The second-order valence-electron chi connectivity index (χ2n) is 4.75. The molecule has 0 unspecified atom stereocenters. The summed E-state index contributed by atoms with van der Waals surface area (Å²) in [5.41, 5.74) is 5.02. The highest BCUT2D eigenvalue weighted by Gasteiger charge is 2.16. The molecule has 2 aromatic rings. The number of hydrogen-bond acceptors (Lipinski definition) is 4. The quantitative estimate of drug-likeness (QED) is 0.828. The number of aromatic nitrogens is 1. The smallest absolute Gasteiger partial charge is 0.341 e. The van der Waals surface area contributed by atoms with Gasteiger partial charge in [0.1, 0.15) is 17.9 Å². The second-order valence-corrected chi connectivity index (χ2v) is 4.75. The second kappa shape index (κ2) is 6.78. The number of benzene rings is 1. The number of carboxylic acid groups (broad SMARTS) is 1. The maximum absolute atomic E-state index is 12.3. The summed E-state index contributed by atoms with van der Waals surface area (Å²) in [6.45, 7) is 1.99. The number of carbonyl (C=O) groups is 2. The van der Waals surface area contributed by atoms with Crippen molar-refractivity contribution in [2.75, 3.05) is 6.61 Å². The predicted octanol–water partition coefficient (Wildman–Crippen LogP) is 1.10. The van der Waals surface area contributed by atoms with E-state index in [1.807, 2.05) is 6.92 Å². The van der Waals surface area contributed by atoms with Crippen molar-refractivity contribution in [3.63, 3.8) is 0 Å². The van der Waals surface area contributed by atoms with Crippen molar-refractivity contribution in [2.24, 2.45) is 5.73 Å². The number of ether oxygens (including phenoxy) is 1. The van der Waals surface area contributed by atoms with E-state index >= 15 is 0 Å². The van der Waals surface area contributed by atoms with E-state index in [0.717, 1.165) is 4.57 Å². The van der Waals surface area contributed by atoms with Crippen LogP contribution in [-0.4, -0.2) is 28.2 Å². The van der Waals surface area contributed by atoms with Crippen LogP contribution in [0, 0.1) is 0 Å². The van der Waals surface area contributed by atoms with E-state index in [4.69, 9.17) is 15.6 Å². The number of carbonyl (C=O) groups excluding carboxylic acids is 1. The van der Waals surface area contributed by atoms with E-state index in [-0.39, 0.29) is 0 Å². The Labute approximate surface area is 131 Å². The molecule has 7 nitrogen and oxygen atoms in total. The zero-order valence-corrected chi connectivity index (χ0v) is 12.5. The first-order valence-electron chi connectivity index (χ1n) is 6.92. The standard InChI is InChI=1S/C16H16N2O5/c1-2-23-11-5-3-10(4-6-11)13-8-7-12(16(21)22)15(20)18(13)9-14(17)19/h3-8H,2,9H2,1H3,(H2,17,19)(H,21,22). The molecule has 120 valence electrons. The maximum Gasteiger partial charge on any atom is 0.341 e. The number of nitrogens with two attached hydrogens (primary N) is 1. The molecule has 0 atom stereocenters. The predicted molar refractivity (Wildman–Crippen MR) is 83.5 cm³/mol. The lowest BCUT2D eigenvalue weighted by Gasteiger charge is -2.13. The van der Waals surface area contributed by atoms with Crippen molar-refractivity contribution in [2.45, 2.75) is 13.5 Å². The molecule has 0 aliphatic rings. The molecule has 0 saturated carbocycles. The lowest BCUT2D eigenvalue weighted by molar-refractivity contribution is -0.118. The first-order valence-corrected chi connectivity index (χ1v) is 6.92. The Hall–Kier alpha value is -3.09. The van der Waals surface area contributed by atoms with Gasteiger partial charge < -0.3 is 15.6 Å². The fourth-order valence-corrected chi connectivity index (χ4v) is 2.19. The van der Waals surface area contributed by atoms with E-state index in [9.17, 15) is 14.4 Å². The average Bonchev–Trinajstić information content (AvgIpc) is 2.50. The molecular weight excluding hydrogens is 300 g/mol. The molecule has 1 aromatic heterocycles. The van der Waals surface area contributed by atoms with Gasteiger partial charge in [-0.05, 0) is 48.9 Å². The minimum absolute atomic E-state index is 0.400. The van der Waals surface area contributed by atoms with Gasteiger partial charge in [0.25, 0.3) is 5.56 Å². The van der Waals surface area contributed by atoms with Crippen LogP contribution < -0.4 is 16.0 Å². The highest BCUT2D eigenvalue weighted by atomic mass is 16.5. The topological polar surface area (TPSA) is 112 Å². The molecule has 0 spiro atoms. The summed E-state index contributed by atoms with van der Waals surface area (Å²) >= 11 is 0. The zero-order chi connectivity index (χ0) is 17.0. The van der Waals surface area contributed by atoms with Gasteiger partial charge in [0, 0.05) is 0 Å². The Kier molecular flexibility index (Phi) is 4.80. The van der Waals surface area contributed by atoms with Gasteiger partial charge in [-0.3, -0.25) is 14.2 Å². The molecular formula is C16H16N2O5. The molecule has 0 saturated heterocycles. The van der Waals surface area contributed by atoms with E-state index in [1.54, 1.807) is 24.3 Å². The molecule has 0 fully saturated rings. The van der Waals surface area contributed by atoms with Gasteiger partial charge in [-0.15, -0.1) is 0 Å². The summed E-state index contributed by atoms with van der Waals surface area (Å²) in [6.07, 6.45) is 0. The van der Waals surface area contributed by atoms with Gasteiger partial charge in [-0.2, -0.15) is 0 Å². The Morgan fingerprint density at radius 2 is 1.83 bits per heavy atom. The van der Waals surface area contributed by atoms with Gasteiger partial charge in [0.2, 0.25) is 5.91 Å². The summed E-state index contributed by atoms with van der Waals surface area (Å²) in [7, 11) is 0. The van der Waals surface area contributed by atoms with Crippen molar-refractivity contribution in [3.8, 4) is 17.0 Å². The summed E-state index contributed by atoms with van der Waals surface area (Å²) in [5, 5.41) is 9.04. The normalized spacial score (nSPS) is 10.3. The third-order valence-electron chi connectivity index (χ3n) is 3.18. The van der Waals surface area contributed by atoms with Crippen LogP contribution >= 0.6 is 0 Å². The lowest BCUT2D eigenvalue weighted by atomic mass is 10.1. The van der Waals surface area contributed by atoms with Crippen molar-refractivity contribution >= 4 is 11.9 Å². The number of aromatic carboxylic acids is 1. The van der Waals surface area contributed by atoms with Crippen molar-refractivity contribution in [3.05, 3.63) is 52.3 Å². The third kappa shape index (κ3) is 3.57. The van der Waals surface area contributed by atoms with Crippen molar-refractivity contribution in [1.82, 2.24) is 4.57 Å². The van der Waals surface area contributed by atoms with Crippen LogP contribution in [0.25, 0.3) is 11.3 Å². The summed E-state index contributed by atoms with van der Waals surface area (Å²) in [5.74, 6) is -1.42. The lowest BCUT2D eigenvalue weighted by Crippen LogP contribution is -2.32. The summed E-state index contributed by atoms with van der Waals surface area (Å²) < 4.78 is 6.40. The molecule has 7 heteroatoms. The number of hydrogen-bond donors (Lipinski definition) is 2. The number of rotatable bonds is 6. The van der Waals surface area contributed by atoms with E-state index in [2.05, 4.69) is 0 Å². The molecule has 3 N–H and O–H groups in total. The van der Waals surface area contributed by atoms with Crippen molar-refractivity contribution in [1.29, 1.82) is 0 Å². The van der Waals surface area contributed by atoms with E-state index in [1.165, 1.54) is 12.1 Å². The van der Waals surface area contributed by atoms with Crippen molar-refractivity contribution < 1.29 is 19.4 Å². The SMILES string of the molecule is CCOc1ccc(-c2ccc(C(=O)O)c(=O)n2CC(N)=O)cc1. The molecule has 1 amide bonds. The average molecular weight is 316 g/mol. The molecule has 0 aliphatic carbocycles. The highest BCUT2D eigenvalue weighted by molar-refractivity contribution is 5.87. The van der Waals surface area contributed by atoms with Crippen LogP contribution in [-0.2, 0) is 11.3 Å². The number of nitrogens with zero attached hydrogens (tertiary/aromatic N) is 1. The van der Waals surface area contributed by atoms with Crippen LogP contribution in [0.4, 0.5) is 0 Å². The van der Waals surface area contributed by atoms with Crippen LogP contribution in [0.15, 0.2) is 41.2 Å². The highest BCUT2D eigenvalue weighted by Crippen LogP contribution is 2.22. The monoisotopic (exact) mass is 316 g/mol. The number of carboxylic acids is 1. The van der Waals surface area contributed by atoms with Gasteiger partial charge in [-0.1, -0.05) is 0 Å². The minimum atomic E-state index is -1.36. The number of amides is 1. The first kappa shape index (κ1) is 16.3. The molecule has 2 rings (SSSR count). The fraction of sp³-hybridized carbons (Fsp3) is 0.188. The zero-order valence-electron chi connectivity index (χ0n) is 12.5. The Morgan fingerprint density at radius 3 is 2.35 bits per heavy atom. The Balaban J connectivity index is 2.56. The molecule has 1 aromatic carbocycles. The number of primary amides is 1. The Morgan fingerprint density at radius 1 is 1.17 bits per heavy atom. The van der Waals surface area contributed by atoms with Crippen LogP contribution in [0.1, 0.15) is 17.3 Å². The fourth-order valence-electron chi connectivity index (χ4n) is 2.19. The van der Waals surface area contributed by atoms with Gasteiger partial charge in [0.05, 0.1) is 12.3 Å². The maximum atomic E-state index is 12.3. The molecule has 0 radical (unpaired) electrons. The van der Waals surface area contributed by atoms with Gasteiger partial charge >= 0.3 is 5.97 Å². The van der Waals surface area contributed by atoms with E-state index in [0.29, 0.717) is 23.6 Å². The first-order chi connectivity index (χ1) is 10.9. The van der Waals surface area contributed by atoms with Crippen LogP contribution in [0.5, 0.6) is 5.75 Å². The summed E-state index contributed by atoms with van der Waals surface area (Å²) in [6, 6.07) is 9.58. The Bertz CT molecular complexity index is 793. The molecule has 1 heterocycles. The number of pyridine rings is 1. The molecule has 0 bridgehead atoms. The van der Waals surface area contributed by atoms with Gasteiger partial charge in [0.15, 0.2) is 0 Å². The third-order valence-corrected chi connectivity index (χ3v) is 3.18. The van der Waals surface area contributed by atoms with Gasteiger partial charge in [-0.25, -0.2) is 4.79 Å². The minimum Gasteiger partial charge on any atom is -0.494 e. The largest absolute Gasteiger partial charge is 0.494 e. The molecule has 23 heavy (non-hydrogen) atoms. The molecule has 0 aliphatic heterocycles.